The number of nitrogens with two attached hydrogens (primary N) is 1. The number of amides is 1. The van der Waals surface area contributed by atoms with Crippen LogP contribution in [0.4, 0.5) is 0 Å². The number of rotatable bonds is 7. The summed E-state index contributed by atoms with van der Waals surface area (Å²) in [6.45, 7) is 1.89. The molecule has 1 heterocycles. The van der Waals surface area contributed by atoms with Crippen molar-refractivity contribution in [1.29, 1.82) is 0 Å². The predicted octanol–water partition coefficient (Wildman–Crippen LogP) is -1.50. The normalized spacial score (nSPS) is 10.5. The van der Waals surface area contributed by atoms with E-state index in [9.17, 15) is 4.79 Å². The maximum Gasteiger partial charge on any atom is 0.231 e. The highest BCUT2D eigenvalue weighted by molar-refractivity contribution is 5.75. The van der Waals surface area contributed by atoms with Crippen LogP contribution in [-0.2, 0) is 22.6 Å². The molecule has 0 fully saturated rings. The van der Waals surface area contributed by atoms with Gasteiger partial charge in [0.2, 0.25) is 5.91 Å². The van der Waals surface area contributed by atoms with Crippen molar-refractivity contribution in [2.45, 2.75) is 13.1 Å². The first kappa shape index (κ1) is 11.6. The molecule has 84 valence electrons. The molecule has 7 heteroatoms. The van der Waals surface area contributed by atoms with Crippen molar-refractivity contribution in [1.82, 2.24) is 20.1 Å². The highest BCUT2D eigenvalue weighted by Gasteiger charge is 2.03. The summed E-state index contributed by atoms with van der Waals surface area (Å²) < 4.78 is 6.80. The molecule has 0 saturated carbocycles. The first-order valence-corrected chi connectivity index (χ1v) is 4.58. The zero-order valence-electron chi connectivity index (χ0n) is 8.64. The Morgan fingerprint density at radius 1 is 1.73 bits per heavy atom. The van der Waals surface area contributed by atoms with Crippen LogP contribution in [-0.4, -0.2) is 40.9 Å². The van der Waals surface area contributed by atoms with Crippen LogP contribution in [0.1, 0.15) is 5.82 Å². The Labute approximate surface area is 87.6 Å². The van der Waals surface area contributed by atoms with Gasteiger partial charge >= 0.3 is 0 Å². The van der Waals surface area contributed by atoms with Gasteiger partial charge in [-0.3, -0.25) is 4.79 Å². The van der Waals surface area contributed by atoms with Gasteiger partial charge < -0.3 is 20.4 Å². The summed E-state index contributed by atoms with van der Waals surface area (Å²) in [5, 5.41) is 10.5. The minimum Gasteiger partial charge on any atom is -0.383 e. The fourth-order valence-electron chi connectivity index (χ4n) is 1.09. The van der Waals surface area contributed by atoms with E-state index in [1.807, 2.05) is 4.57 Å². The first-order chi connectivity index (χ1) is 7.24. The van der Waals surface area contributed by atoms with Gasteiger partial charge in [-0.05, 0) is 0 Å². The van der Waals surface area contributed by atoms with Crippen LogP contribution < -0.4 is 11.1 Å². The monoisotopic (exact) mass is 213 g/mol. The molecule has 0 spiro atoms. The van der Waals surface area contributed by atoms with Crippen molar-refractivity contribution in [2.24, 2.45) is 5.73 Å². The molecule has 1 amide bonds. The molecule has 0 saturated heterocycles. The molecule has 7 nitrogen and oxygen atoms in total. The Balaban J connectivity index is 2.39. The van der Waals surface area contributed by atoms with Crippen molar-refractivity contribution in [3.63, 3.8) is 0 Å². The lowest BCUT2D eigenvalue weighted by Crippen LogP contribution is -2.29. The molecular weight excluding hydrogens is 198 g/mol. The first-order valence-electron chi connectivity index (χ1n) is 4.58. The zero-order chi connectivity index (χ0) is 11.1. The molecule has 3 N–H and O–H groups in total. The number of ether oxygens (including phenoxy) is 1. The summed E-state index contributed by atoms with van der Waals surface area (Å²) in [6, 6.07) is 0. The summed E-state index contributed by atoms with van der Waals surface area (Å²) in [7, 11) is 1.63. The molecule has 0 radical (unpaired) electrons. The van der Waals surface area contributed by atoms with Crippen molar-refractivity contribution in [3.05, 3.63) is 12.2 Å². The highest BCUT2D eigenvalue weighted by atomic mass is 16.5. The van der Waals surface area contributed by atoms with Crippen molar-refractivity contribution < 1.29 is 9.53 Å². The van der Waals surface area contributed by atoms with Crippen LogP contribution in [0.2, 0.25) is 0 Å². The molecule has 1 rings (SSSR count). The third-order valence-electron chi connectivity index (χ3n) is 1.81. The van der Waals surface area contributed by atoms with E-state index in [-0.39, 0.29) is 6.54 Å². The molecule has 15 heavy (non-hydrogen) atoms. The van der Waals surface area contributed by atoms with Gasteiger partial charge in [0.25, 0.3) is 0 Å². The van der Waals surface area contributed by atoms with Crippen LogP contribution in [0.5, 0.6) is 0 Å². The number of hydrogen-bond donors (Lipinski definition) is 2. The van der Waals surface area contributed by atoms with E-state index < -0.39 is 5.91 Å². The second kappa shape index (κ2) is 6.10. The number of primary amides is 1. The second-order valence-corrected chi connectivity index (χ2v) is 3.00. The lowest BCUT2D eigenvalue weighted by Gasteiger charge is -2.05. The van der Waals surface area contributed by atoms with Crippen LogP contribution in [0.15, 0.2) is 6.33 Å². The summed E-state index contributed by atoms with van der Waals surface area (Å²) >= 11 is 0. The van der Waals surface area contributed by atoms with E-state index >= 15 is 0 Å². The van der Waals surface area contributed by atoms with Gasteiger partial charge in [0.15, 0.2) is 0 Å². The maximum atomic E-state index is 10.5. The van der Waals surface area contributed by atoms with Gasteiger partial charge in [0.05, 0.1) is 19.7 Å². The Bertz CT molecular complexity index is 312. The third kappa shape index (κ3) is 4.05. The third-order valence-corrected chi connectivity index (χ3v) is 1.81. The van der Waals surface area contributed by atoms with Gasteiger partial charge in [-0.25, -0.2) is 0 Å². The van der Waals surface area contributed by atoms with Gasteiger partial charge in [-0.1, -0.05) is 0 Å². The highest BCUT2D eigenvalue weighted by Crippen LogP contribution is 1.94. The molecule has 1 aromatic rings. The second-order valence-electron chi connectivity index (χ2n) is 3.00. The van der Waals surface area contributed by atoms with E-state index in [2.05, 4.69) is 15.5 Å². The summed E-state index contributed by atoms with van der Waals surface area (Å²) in [5.41, 5.74) is 4.99. The van der Waals surface area contributed by atoms with Gasteiger partial charge in [-0.15, -0.1) is 10.2 Å². The smallest absolute Gasteiger partial charge is 0.231 e. The average molecular weight is 213 g/mol. The predicted molar refractivity (Wildman–Crippen MR) is 52.8 cm³/mol. The maximum absolute atomic E-state index is 10.5. The number of carbonyl (C=O) groups excluding carboxylic acids is 1. The van der Waals surface area contributed by atoms with E-state index in [0.29, 0.717) is 19.7 Å². The summed E-state index contributed by atoms with van der Waals surface area (Å²) in [5.74, 6) is 0.367. The molecule has 0 bridgehead atoms. The largest absolute Gasteiger partial charge is 0.383 e. The van der Waals surface area contributed by atoms with Crippen LogP contribution >= 0.6 is 0 Å². The average Bonchev–Trinajstić information content (AvgIpc) is 2.62. The molecule has 0 unspecified atom stereocenters. The van der Waals surface area contributed by atoms with Gasteiger partial charge in [-0.2, -0.15) is 0 Å². The summed E-state index contributed by atoms with van der Waals surface area (Å²) in [4.78, 5) is 10.5. The fourth-order valence-corrected chi connectivity index (χ4v) is 1.09. The molecule has 0 aromatic carbocycles. The summed E-state index contributed by atoms with van der Waals surface area (Å²) in [6.07, 6.45) is 1.63. The Kier molecular flexibility index (Phi) is 4.72. The lowest BCUT2D eigenvalue weighted by molar-refractivity contribution is -0.117. The molecule has 0 atom stereocenters. The van der Waals surface area contributed by atoms with Gasteiger partial charge in [0, 0.05) is 13.7 Å². The fraction of sp³-hybridized carbons (Fsp3) is 0.625. The van der Waals surface area contributed by atoms with Crippen molar-refractivity contribution in [3.8, 4) is 0 Å². The topological polar surface area (TPSA) is 95.1 Å². The quantitative estimate of drug-likeness (QED) is 0.574. The number of aromatic nitrogens is 3. The van der Waals surface area contributed by atoms with E-state index in [4.69, 9.17) is 10.5 Å². The number of methoxy groups -OCH3 is 1. The zero-order valence-corrected chi connectivity index (χ0v) is 8.64. The number of hydrogen-bond acceptors (Lipinski definition) is 5. The number of carbonyl (C=O) groups is 1. The van der Waals surface area contributed by atoms with Crippen LogP contribution in [0.25, 0.3) is 0 Å². The van der Waals surface area contributed by atoms with Crippen LogP contribution in [0.3, 0.4) is 0 Å². The van der Waals surface area contributed by atoms with E-state index in [0.717, 1.165) is 5.82 Å². The van der Waals surface area contributed by atoms with Crippen LogP contribution in [0, 0.1) is 0 Å². The Hall–Kier alpha value is -1.47. The van der Waals surface area contributed by atoms with Crippen molar-refractivity contribution in [2.75, 3.05) is 20.3 Å². The molecule has 0 aliphatic rings. The Morgan fingerprint density at radius 2 is 2.53 bits per heavy atom. The minimum atomic E-state index is -0.391. The Morgan fingerprint density at radius 3 is 3.20 bits per heavy atom. The van der Waals surface area contributed by atoms with E-state index in [1.54, 1.807) is 13.4 Å². The standard InChI is InChI=1S/C8H15N5O2/c1-15-3-2-13-6-11-12-8(13)5-10-4-7(9)14/h6,10H,2-5H2,1H3,(H2,9,14). The van der Waals surface area contributed by atoms with E-state index in [1.165, 1.54) is 0 Å². The number of nitrogens with one attached hydrogen (secondary N) is 1. The van der Waals surface area contributed by atoms with Gasteiger partial charge in [0.1, 0.15) is 12.2 Å². The number of nitrogens with zero attached hydrogens (tertiary/aromatic N) is 3. The lowest BCUT2D eigenvalue weighted by atomic mass is 10.5. The molecule has 1 aromatic heterocycles. The molecule has 0 aliphatic carbocycles. The molecular formula is C8H15N5O2. The SMILES string of the molecule is COCCn1cnnc1CNCC(N)=O. The minimum absolute atomic E-state index is 0.136. The molecule has 0 aliphatic heterocycles. The van der Waals surface area contributed by atoms with Crippen molar-refractivity contribution >= 4 is 5.91 Å².